The molecule has 3 aromatic rings. The lowest BCUT2D eigenvalue weighted by Crippen LogP contribution is -2.23. The van der Waals surface area contributed by atoms with E-state index in [2.05, 4.69) is 69.0 Å². The minimum Gasteiger partial charge on any atom is -0.331 e. The predicted octanol–water partition coefficient (Wildman–Crippen LogP) is 5.50. The third-order valence-electron chi connectivity index (χ3n) is 3.48. The van der Waals surface area contributed by atoms with E-state index < -0.39 is 0 Å². The molecule has 0 saturated carbocycles. The van der Waals surface area contributed by atoms with Gasteiger partial charge in [-0.1, -0.05) is 35.8 Å². The van der Waals surface area contributed by atoms with Crippen molar-refractivity contribution in [2.45, 2.75) is 25.8 Å². The molecule has 0 unspecified atom stereocenters. The molecule has 3 rings (SSSR count). The van der Waals surface area contributed by atoms with Gasteiger partial charge in [-0.15, -0.1) is 11.3 Å². The van der Waals surface area contributed by atoms with Crippen molar-refractivity contribution < 1.29 is 0 Å². The normalized spacial score (nSPS) is 12.2. The number of thiophene rings is 1. The average Bonchev–Trinajstić information content (AvgIpc) is 3.00. The molecule has 0 aliphatic rings. The molecule has 20 heavy (non-hydrogen) atoms. The zero-order valence-corrected chi connectivity index (χ0v) is 14.5. The third-order valence-corrected chi connectivity index (χ3v) is 5.53. The Kier molecular flexibility index (Phi) is 3.60. The van der Waals surface area contributed by atoms with E-state index in [0.717, 1.165) is 26.8 Å². The largest absolute Gasteiger partial charge is 0.331 e. The number of hydrogen-bond donors (Lipinski definition) is 1. The van der Waals surface area contributed by atoms with Gasteiger partial charge in [0.1, 0.15) is 0 Å². The highest BCUT2D eigenvalue weighted by molar-refractivity contribution is 9.10. The Balaban J connectivity index is 2.09. The molecule has 2 heterocycles. The molecule has 5 heteroatoms. The second-order valence-corrected chi connectivity index (χ2v) is 7.79. The lowest BCUT2D eigenvalue weighted by atomic mass is 9.91. The number of imidazole rings is 1. The molecule has 104 valence electrons. The lowest BCUT2D eigenvalue weighted by Gasteiger charge is -2.24. The van der Waals surface area contributed by atoms with E-state index in [0.29, 0.717) is 0 Å². The van der Waals surface area contributed by atoms with Crippen LogP contribution in [0.1, 0.15) is 18.7 Å². The van der Waals surface area contributed by atoms with Crippen LogP contribution in [0.15, 0.2) is 40.2 Å². The smallest absolute Gasteiger partial charge is 0.178 e. The fourth-order valence-electron chi connectivity index (χ4n) is 2.42. The molecule has 0 spiro atoms. The minimum absolute atomic E-state index is 0.0594. The van der Waals surface area contributed by atoms with Crippen molar-refractivity contribution in [1.82, 2.24) is 9.55 Å². The molecular formula is C15H15BrN2S2. The van der Waals surface area contributed by atoms with Crippen LogP contribution in [0.3, 0.4) is 0 Å². The SMILES string of the molecule is CC(C)(Cn1c(=S)[nH]c2ccc(Br)cc21)c1cccs1. The molecule has 0 aliphatic carbocycles. The van der Waals surface area contributed by atoms with Gasteiger partial charge in [-0.05, 0) is 41.9 Å². The Morgan fingerprint density at radius 1 is 1.35 bits per heavy atom. The Hall–Kier alpha value is -0.910. The molecule has 0 aliphatic heterocycles. The maximum absolute atomic E-state index is 5.49. The summed E-state index contributed by atoms with van der Waals surface area (Å²) in [6.07, 6.45) is 0. The zero-order valence-electron chi connectivity index (χ0n) is 11.3. The lowest BCUT2D eigenvalue weighted by molar-refractivity contribution is 0.447. The molecule has 0 radical (unpaired) electrons. The van der Waals surface area contributed by atoms with Gasteiger partial charge >= 0.3 is 0 Å². The van der Waals surface area contributed by atoms with Crippen LogP contribution in [0, 0.1) is 4.77 Å². The average molecular weight is 367 g/mol. The standard InChI is InChI=1S/C15H15BrN2S2/c1-15(2,13-4-3-7-20-13)9-18-12-8-10(16)5-6-11(12)17-14(18)19/h3-8H,9H2,1-2H3,(H,17,19). The number of aromatic amines is 1. The summed E-state index contributed by atoms with van der Waals surface area (Å²) < 4.78 is 4.04. The van der Waals surface area contributed by atoms with Gasteiger partial charge in [-0.2, -0.15) is 0 Å². The first-order chi connectivity index (χ1) is 9.47. The van der Waals surface area contributed by atoms with Gasteiger partial charge in [0, 0.05) is 21.3 Å². The van der Waals surface area contributed by atoms with Crippen LogP contribution in [0.4, 0.5) is 0 Å². The maximum Gasteiger partial charge on any atom is 0.178 e. The zero-order chi connectivity index (χ0) is 14.3. The van der Waals surface area contributed by atoms with Crippen LogP contribution >= 0.6 is 39.5 Å². The first kappa shape index (κ1) is 14.0. The Labute approximate surface area is 135 Å². The van der Waals surface area contributed by atoms with E-state index in [4.69, 9.17) is 12.2 Å². The molecule has 0 amide bonds. The molecule has 1 N–H and O–H groups in total. The van der Waals surface area contributed by atoms with Crippen molar-refractivity contribution in [3.05, 3.63) is 49.8 Å². The van der Waals surface area contributed by atoms with Crippen LogP contribution < -0.4 is 0 Å². The molecule has 1 aromatic carbocycles. The maximum atomic E-state index is 5.49. The van der Waals surface area contributed by atoms with Crippen molar-refractivity contribution in [3.8, 4) is 0 Å². The number of aromatic nitrogens is 2. The van der Waals surface area contributed by atoms with E-state index in [1.165, 1.54) is 4.88 Å². The quantitative estimate of drug-likeness (QED) is 0.606. The summed E-state index contributed by atoms with van der Waals surface area (Å²) in [4.78, 5) is 4.66. The van der Waals surface area contributed by atoms with Gasteiger partial charge in [0.25, 0.3) is 0 Å². The van der Waals surface area contributed by atoms with Crippen molar-refractivity contribution in [2.75, 3.05) is 0 Å². The minimum atomic E-state index is 0.0594. The highest BCUT2D eigenvalue weighted by Gasteiger charge is 2.23. The first-order valence-electron chi connectivity index (χ1n) is 6.39. The molecular weight excluding hydrogens is 352 g/mol. The van der Waals surface area contributed by atoms with Crippen molar-refractivity contribution in [1.29, 1.82) is 0 Å². The van der Waals surface area contributed by atoms with E-state index in [1.807, 2.05) is 6.07 Å². The number of fused-ring (bicyclic) bond motifs is 1. The summed E-state index contributed by atoms with van der Waals surface area (Å²) in [5.41, 5.74) is 2.29. The van der Waals surface area contributed by atoms with Crippen molar-refractivity contribution in [2.24, 2.45) is 0 Å². The van der Waals surface area contributed by atoms with Crippen LogP contribution in [0.25, 0.3) is 11.0 Å². The second kappa shape index (κ2) is 5.13. The summed E-state index contributed by atoms with van der Waals surface area (Å²) in [6, 6.07) is 10.5. The molecule has 2 aromatic heterocycles. The fourth-order valence-corrected chi connectivity index (χ4v) is 3.89. The molecule has 0 atom stereocenters. The molecule has 0 saturated heterocycles. The Morgan fingerprint density at radius 2 is 2.15 bits per heavy atom. The number of nitrogens with zero attached hydrogens (tertiary/aromatic N) is 1. The molecule has 0 bridgehead atoms. The van der Waals surface area contributed by atoms with Gasteiger partial charge in [-0.3, -0.25) is 0 Å². The van der Waals surface area contributed by atoms with E-state index in [-0.39, 0.29) is 5.41 Å². The summed E-state index contributed by atoms with van der Waals surface area (Å²) in [5.74, 6) is 0. The van der Waals surface area contributed by atoms with Gasteiger partial charge in [0.2, 0.25) is 0 Å². The summed E-state index contributed by atoms with van der Waals surface area (Å²) in [7, 11) is 0. The fraction of sp³-hybridized carbons (Fsp3) is 0.267. The Bertz CT molecular complexity index is 797. The summed E-state index contributed by atoms with van der Waals surface area (Å²) in [6.45, 7) is 5.39. The number of H-pyrrole nitrogens is 1. The summed E-state index contributed by atoms with van der Waals surface area (Å²) >= 11 is 10.8. The predicted molar refractivity (Wildman–Crippen MR) is 92.2 cm³/mol. The van der Waals surface area contributed by atoms with E-state index in [1.54, 1.807) is 11.3 Å². The van der Waals surface area contributed by atoms with Gasteiger partial charge in [0.15, 0.2) is 4.77 Å². The van der Waals surface area contributed by atoms with Crippen LogP contribution in [0.5, 0.6) is 0 Å². The second-order valence-electron chi connectivity index (χ2n) is 5.54. The topological polar surface area (TPSA) is 20.7 Å². The van der Waals surface area contributed by atoms with Crippen LogP contribution in [0.2, 0.25) is 0 Å². The molecule has 2 nitrogen and oxygen atoms in total. The van der Waals surface area contributed by atoms with E-state index in [9.17, 15) is 0 Å². The monoisotopic (exact) mass is 366 g/mol. The highest BCUT2D eigenvalue weighted by atomic mass is 79.9. The highest BCUT2D eigenvalue weighted by Crippen LogP contribution is 2.31. The van der Waals surface area contributed by atoms with Crippen LogP contribution in [-0.4, -0.2) is 9.55 Å². The van der Waals surface area contributed by atoms with Gasteiger partial charge in [-0.25, -0.2) is 0 Å². The Morgan fingerprint density at radius 3 is 2.85 bits per heavy atom. The van der Waals surface area contributed by atoms with Gasteiger partial charge < -0.3 is 9.55 Å². The van der Waals surface area contributed by atoms with E-state index >= 15 is 0 Å². The van der Waals surface area contributed by atoms with Crippen molar-refractivity contribution >= 4 is 50.5 Å². The van der Waals surface area contributed by atoms with Crippen LogP contribution in [-0.2, 0) is 12.0 Å². The summed E-state index contributed by atoms with van der Waals surface area (Å²) in [5, 5.41) is 2.13. The number of nitrogens with one attached hydrogen (secondary N) is 1. The number of hydrogen-bond acceptors (Lipinski definition) is 2. The van der Waals surface area contributed by atoms with Gasteiger partial charge in [0.05, 0.1) is 11.0 Å². The third kappa shape index (κ3) is 2.50. The molecule has 0 fully saturated rings. The number of benzene rings is 1. The number of rotatable bonds is 3. The number of halogens is 1. The first-order valence-corrected chi connectivity index (χ1v) is 8.47. The van der Waals surface area contributed by atoms with Crippen molar-refractivity contribution in [3.63, 3.8) is 0 Å².